The molecule has 1 N–H and O–H groups in total. The monoisotopic (exact) mass is 441 g/mol. The molecule has 6 aromatic rings. The second-order valence-corrected chi connectivity index (χ2v) is 10.6. The molecule has 1 aromatic heterocycles. The molecular formula is C31H23NS. The van der Waals surface area contributed by atoms with Crippen molar-refractivity contribution < 1.29 is 0 Å². The van der Waals surface area contributed by atoms with E-state index in [2.05, 4.69) is 116 Å². The summed E-state index contributed by atoms with van der Waals surface area (Å²) in [6.45, 7) is 4.71. The third kappa shape index (κ3) is 2.65. The fraction of sp³-hybridized carbons (Fsp3) is 0.0968. The van der Waals surface area contributed by atoms with Crippen molar-refractivity contribution in [1.29, 1.82) is 0 Å². The van der Waals surface area contributed by atoms with Gasteiger partial charge < -0.3 is 5.32 Å². The molecule has 0 radical (unpaired) electrons. The number of thiophene rings is 1. The van der Waals surface area contributed by atoms with Crippen molar-refractivity contribution in [3.63, 3.8) is 0 Å². The molecule has 1 aliphatic carbocycles. The third-order valence-electron chi connectivity index (χ3n) is 7.22. The Bertz CT molecular complexity index is 1720. The first-order chi connectivity index (χ1) is 16.1. The van der Waals surface area contributed by atoms with Crippen LogP contribution >= 0.6 is 11.3 Å². The zero-order valence-corrected chi connectivity index (χ0v) is 19.5. The average molecular weight is 442 g/mol. The van der Waals surface area contributed by atoms with E-state index in [-0.39, 0.29) is 5.41 Å². The van der Waals surface area contributed by atoms with Gasteiger partial charge in [0.05, 0.1) is 0 Å². The Morgan fingerprint density at radius 1 is 0.606 bits per heavy atom. The van der Waals surface area contributed by atoms with Gasteiger partial charge in [0.25, 0.3) is 0 Å². The molecule has 7 rings (SSSR count). The van der Waals surface area contributed by atoms with Crippen LogP contribution in [0.1, 0.15) is 25.0 Å². The first-order valence-corrected chi connectivity index (χ1v) is 12.3. The van der Waals surface area contributed by atoms with Crippen LogP contribution in [-0.4, -0.2) is 0 Å². The van der Waals surface area contributed by atoms with Crippen molar-refractivity contribution in [1.82, 2.24) is 0 Å². The summed E-state index contributed by atoms with van der Waals surface area (Å²) in [7, 11) is 0. The number of hydrogen-bond acceptors (Lipinski definition) is 2. The fourth-order valence-electron chi connectivity index (χ4n) is 5.72. The predicted octanol–water partition coefficient (Wildman–Crippen LogP) is 9.26. The highest BCUT2D eigenvalue weighted by Gasteiger charge is 2.37. The third-order valence-corrected chi connectivity index (χ3v) is 8.37. The maximum atomic E-state index is 3.79. The van der Waals surface area contributed by atoms with Gasteiger partial charge in [0.1, 0.15) is 0 Å². The van der Waals surface area contributed by atoms with Crippen LogP contribution in [0.3, 0.4) is 0 Å². The minimum absolute atomic E-state index is 0.0153. The standard InChI is InChI=1S/C31H23NS/c1-31(2)26-13-7-5-9-20(26)25-18-27(21-10-3-4-12-23(21)30(25)31)32-19-15-16-29-24(17-19)22-11-6-8-14-28(22)33-29/h3-18,32H,1-2H3. The highest BCUT2D eigenvalue weighted by Crippen LogP contribution is 2.53. The topological polar surface area (TPSA) is 12.0 Å². The van der Waals surface area contributed by atoms with Crippen LogP contribution in [0.25, 0.3) is 42.1 Å². The SMILES string of the molecule is CC1(C)c2ccccc2-c2cc(Nc3ccc4sc5ccccc5c4c3)c3ccccc3c21. The minimum atomic E-state index is -0.0153. The Morgan fingerprint density at radius 2 is 1.30 bits per heavy atom. The van der Waals surface area contributed by atoms with Crippen LogP contribution in [0.2, 0.25) is 0 Å². The molecule has 5 aromatic carbocycles. The molecule has 0 fully saturated rings. The Morgan fingerprint density at radius 3 is 2.18 bits per heavy atom. The van der Waals surface area contributed by atoms with Crippen LogP contribution in [-0.2, 0) is 5.41 Å². The number of anilines is 2. The maximum absolute atomic E-state index is 3.79. The van der Waals surface area contributed by atoms with E-state index in [1.54, 1.807) is 0 Å². The Hall–Kier alpha value is -3.62. The molecule has 0 saturated heterocycles. The van der Waals surface area contributed by atoms with Gasteiger partial charge >= 0.3 is 0 Å². The first-order valence-electron chi connectivity index (χ1n) is 11.5. The summed E-state index contributed by atoms with van der Waals surface area (Å²) in [5.74, 6) is 0. The summed E-state index contributed by atoms with van der Waals surface area (Å²) < 4.78 is 2.67. The van der Waals surface area contributed by atoms with Gasteiger partial charge in [-0.05, 0) is 58.0 Å². The molecule has 0 aliphatic heterocycles. The molecule has 33 heavy (non-hydrogen) atoms. The van der Waals surface area contributed by atoms with Gasteiger partial charge in [-0.15, -0.1) is 11.3 Å². The van der Waals surface area contributed by atoms with Crippen LogP contribution in [0.4, 0.5) is 11.4 Å². The maximum Gasteiger partial charge on any atom is 0.0470 e. The molecule has 0 saturated carbocycles. The van der Waals surface area contributed by atoms with Crippen LogP contribution < -0.4 is 5.32 Å². The predicted molar refractivity (Wildman–Crippen MR) is 144 cm³/mol. The number of hydrogen-bond donors (Lipinski definition) is 1. The number of nitrogens with one attached hydrogen (secondary N) is 1. The molecule has 1 nitrogen and oxygen atoms in total. The molecule has 1 heterocycles. The summed E-state index contributed by atoms with van der Waals surface area (Å²) >= 11 is 1.86. The molecule has 0 amide bonds. The van der Waals surface area contributed by atoms with Gasteiger partial charge in [-0.2, -0.15) is 0 Å². The van der Waals surface area contributed by atoms with E-state index in [0.717, 1.165) is 11.4 Å². The summed E-state index contributed by atoms with van der Waals surface area (Å²) in [4.78, 5) is 0. The van der Waals surface area contributed by atoms with E-state index >= 15 is 0 Å². The van der Waals surface area contributed by atoms with E-state index in [1.807, 2.05) is 11.3 Å². The second kappa shape index (κ2) is 6.69. The van der Waals surface area contributed by atoms with E-state index in [0.29, 0.717) is 0 Å². The van der Waals surface area contributed by atoms with Crippen LogP contribution in [0.15, 0.2) is 97.1 Å². The van der Waals surface area contributed by atoms with Crippen molar-refractivity contribution in [2.75, 3.05) is 5.32 Å². The zero-order valence-electron chi connectivity index (χ0n) is 18.6. The van der Waals surface area contributed by atoms with E-state index in [9.17, 15) is 0 Å². The normalized spacial score (nSPS) is 14.0. The van der Waals surface area contributed by atoms with Crippen LogP contribution in [0, 0.1) is 0 Å². The summed E-state index contributed by atoms with van der Waals surface area (Å²) in [6.07, 6.45) is 0. The number of fused-ring (bicyclic) bond motifs is 8. The van der Waals surface area contributed by atoms with Crippen molar-refractivity contribution >= 4 is 53.7 Å². The lowest BCUT2D eigenvalue weighted by Crippen LogP contribution is -2.15. The molecule has 0 atom stereocenters. The zero-order chi connectivity index (χ0) is 22.2. The number of rotatable bonds is 2. The fourth-order valence-corrected chi connectivity index (χ4v) is 6.81. The van der Waals surface area contributed by atoms with Crippen molar-refractivity contribution in [2.24, 2.45) is 0 Å². The summed E-state index contributed by atoms with van der Waals surface area (Å²) in [6, 6.07) is 35.5. The molecule has 1 aliphatic rings. The minimum Gasteiger partial charge on any atom is -0.355 e. The van der Waals surface area contributed by atoms with Gasteiger partial charge in [0, 0.05) is 42.3 Å². The van der Waals surface area contributed by atoms with Gasteiger partial charge in [-0.1, -0.05) is 80.6 Å². The Balaban J connectivity index is 1.45. The summed E-state index contributed by atoms with van der Waals surface area (Å²) in [5, 5.41) is 9.04. The van der Waals surface area contributed by atoms with E-state index < -0.39 is 0 Å². The van der Waals surface area contributed by atoms with Crippen LogP contribution in [0.5, 0.6) is 0 Å². The lowest BCUT2D eigenvalue weighted by Gasteiger charge is -2.24. The van der Waals surface area contributed by atoms with Gasteiger partial charge in [-0.25, -0.2) is 0 Å². The lowest BCUT2D eigenvalue weighted by molar-refractivity contribution is 0.666. The van der Waals surface area contributed by atoms with Crippen molar-refractivity contribution in [3.8, 4) is 11.1 Å². The molecule has 2 heteroatoms. The summed E-state index contributed by atoms with van der Waals surface area (Å²) in [5.41, 5.74) is 7.82. The van der Waals surface area contributed by atoms with E-state index in [1.165, 1.54) is 53.2 Å². The smallest absolute Gasteiger partial charge is 0.0470 e. The lowest BCUT2D eigenvalue weighted by atomic mass is 9.80. The molecule has 0 unspecified atom stereocenters. The van der Waals surface area contributed by atoms with Crippen molar-refractivity contribution in [3.05, 3.63) is 108 Å². The van der Waals surface area contributed by atoms with E-state index in [4.69, 9.17) is 0 Å². The van der Waals surface area contributed by atoms with Crippen molar-refractivity contribution in [2.45, 2.75) is 19.3 Å². The molecule has 158 valence electrons. The Kier molecular flexibility index (Phi) is 3.83. The molecular weight excluding hydrogens is 418 g/mol. The first kappa shape index (κ1) is 18.9. The Labute approximate surface area is 197 Å². The highest BCUT2D eigenvalue weighted by atomic mass is 32.1. The average Bonchev–Trinajstić information content (AvgIpc) is 3.32. The molecule has 0 bridgehead atoms. The quantitative estimate of drug-likeness (QED) is 0.282. The van der Waals surface area contributed by atoms with Gasteiger partial charge in [-0.3, -0.25) is 0 Å². The molecule has 0 spiro atoms. The second-order valence-electron chi connectivity index (χ2n) is 9.50. The number of benzene rings is 5. The van der Waals surface area contributed by atoms with Gasteiger partial charge in [0.2, 0.25) is 0 Å². The highest BCUT2D eigenvalue weighted by molar-refractivity contribution is 7.25. The largest absolute Gasteiger partial charge is 0.355 e. The van der Waals surface area contributed by atoms with Gasteiger partial charge in [0.15, 0.2) is 0 Å².